The van der Waals surface area contributed by atoms with Crippen molar-refractivity contribution >= 4 is 22.6 Å². The third kappa shape index (κ3) is 4.01. The number of ether oxygens (including phenoxy) is 1. The molecule has 0 saturated carbocycles. The van der Waals surface area contributed by atoms with E-state index < -0.39 is 6.36 Å². The Hall–Kier alpha value is -1.08. The molecule has 1 heterocycles. The van der Waals surface area contributed by atoms with Crippen molar-refractivity contribution in [2.24, 2.45) is 5.73 Å². The second-order valence-electron chi connectivity index (χ2n) is 2.96. The summed E-state index contributed by atoms with van der Waals surface area (Å²) in [5.41, 5.74) is 5.79. The molecule has 0 amide bonds. The van der Waals surface area contributed by atoms with Crippen LogP contribution in [0.2, 0.25) is 0 Å². The number of hydrogen-bond acceptors (Lipinski definition) is 4. The number of nitrogens with zero attached hydrogens (tertiary/aromatic N) is 2. The molecule has 0 aliphatic carbocycles. The summed E-state index contributed by atoms with van der Waals surface area (Å²) in [6, 6.07) is 2.94. The first-order valence-corrected chi connectivity index (χ1v) is 5.46. The summed E-state index contributed by atoms with van der Waals surface area (Å²) in [6.07, 6.45) is -4.88. The minimum atomic E-state index is -4.78. The Morgan fingerprint density at radius 1 is 1.53 bits per heavy atom. The Kier molecular flexibility index (Phi) is 4.53. The standard InChI is InChI=1S/C9H7F3IN3O/c10-9(11,12)17-7-3-5(4-15)16-6(1-2-14)8(7)13/h3H,1,4,15H2. The molecule has 1 aromatic heterocycles. The SMILES string of the molecule is N#CCc1nc(CN)cc(OC(F)(F)F)c1I. The molecule has 0 unspecified atom stereocenters. The Morgan fingerprint density at radius 2 is 2.18 bits per heavy atom. The van der Waals surface area contributed by atoms with Crippen molar-refractivity contribution in [1.82, 2.24) is 4.98 Å². The number of pyridine rings is 1. The minimum Gasteiger partial charge on any atom is -0.405 e. The molecule has 0 aliphatic rings. The van der Waals surface area contributed by atoms with Crippen molar-refractivity contribution in [2.45, 2.75) is 19.3 Å². The lowest BCUT2D eigenvalue weighted by atomic mass is 10.2. The lowest BCUT2D eigenvalue weighted by molar-refractivity contribution is -0.275. The van der Waals surface area contributed by atoms with Crippen LogP contribution >= 0.6 is 22.6 Å². The largest absolute Gasteiger partial charge is 0.573 e. The van der Waals surface area contributed by atoms with E-state index in [-0.39, 0.29) is 33.7 Å². The zero-order valence-electron chi connectivity index (χ0n) is 8.38. The number of nitriles is 1. The fourth-order valence-electron chi connectivity index (χ4n) is 1.11. The third-order valence-corrected chi connectivity index (χ3v) is 2.88. The first-order valence-electron chi connectivity index (χ1n) is 4.38. The summed E-state index contributed by atoms with van der Waals surface area (Å²) >= 11 is 1.66. The van der Waals surface area contributed by atoms with E-state index in [4.69, 9.17) is 11.0 Å². The second-order valence-corrected chi connectivity index (χ2v) is 4.04. The van der Waals surface area contributed by atoms with Crippen LogP contribution < -0.4 is 10.5 Å². The second kappa shape index (κ2) is 5.50. The zero-order chi connectivity index (χ0) is 13.1. The number of rotatable bonds is 3. The van der Waals surface area contributed by atoms with Gasteiger partial charge in [-0.15, -0.1) is 13.2 Å². The molecule has 92 valence electrons. The van der Waals surface area contributed by atoms with Gasteiger partial charge in [-0.1, -0.05) is 0 Å². The first kappa shape index (κ1) is 14.0. The van der Waals surface area contributed by atoms with E-state index in [0.29, 0.717) is 0 Å². The fourth-order valence-corrected chi connectivity index (χ4v) is 1.68. The topological polar surface area (TPSA) is 71.9 Å². The molecular weight excluding hydrogens is 350 g/mol. The lowest BCUT2D eigenvalue weighted by Gasteiger charge is -2.13. The van der Waals surface area contributed by atoms with E-state index in [1.54, 1.807) is 22.6 Å². The number of nitrogens with two attached hydrogens (primary N) is 1. The van der Waals surface area contributed by atoms with Crippen LogP contribution in [-0.2, 0) is 13.0 Å². The molecule has 0 saturated heterocycles. The van der Waals surface area contributed by atoms with E-state index in [9.17, 15) is 13.2 Å². The highest BCUT2D eigenvalue weighted by atomic mass is 127. The van der Waals surface area contributed by atoms with Crippen LogP contribution in [0.25, 0.3) is 0 Å². The molecule has 2 N–H and O–H groups in total. The average Bonchev–Trinajstić information content (AvgIpc) is 2.22. The monoisotopic (exact) mass is 357 g/mol. The molecule has 0 fully saturated rings. The normalized spacial score (nSPS) is 11.1. The van der Waals surface area contributed by atoms with Gasteiger partial charge < -0.3 is 10.5 Å². The van der Waals surface area contributed by atoms with E-state index >= 15 is 0 Å². The van der Waals surface area contributed by atoms with Gasteiger partial charge in [0.15, 0.2) is 0 Å². The molecular formula is C9H7F3IN3O. The van der Waals surface area contributed by atoms with E-state index in [0.717, 1.165) is 6.07 Å². The van der Waals surface area contributed by atoms with Crippen LogP contribution in [0.5, 0.6) is 5.75 Å². The number of hydrogen-bond donors (Lipinski definition) is 1. The van der Waals surface area contributed by atoms with Gasteiger partial charge in [-0.05, 0) is 22.6 Å². The fraction of sp³-hybridized carbons (Fsp3) is 0.333. The van der Waals surface area contributed by atoms with Gasteiger partial charge in [0.25, 0.3) is 0 Å². The van der Waals surface area contributed by atoms with Gasteiger partial charge in [0.1, 0.15) is 5.75 Å². The van der Waals surface area contributed by atoms with Crippen molar-refractivity contribution in [3.63, 3.8) is 0 Å². The predicted molar refractivity (Wildman–Crippen MR) is 60.8 cm³/mol. The van der Waals surface area contributed by atoms with Crippen molar-refractivity contribution in [3.8, 4) is 11.8 Å². The Morgan fingerprint density at radius 3 is 2.65 bits per heavy atom. The van der Waals surface area contributed by atoms with Gasteiger partial charge in [0, 0.05) is 12.6 Å². The molecule has 8 heteroatoms. The summed E-state index contributed by atoms with van der Waals surface area (Å²) in [7, 11) is 0. The zero-order valence-corrected chi connectivity index (χ0v) is 10.5. The Bertz CT molecular complexity index is 456. The summed E-state index contributed by atoms with van der Waals surface area (Å²) in [6.45, 7) is -0.0242. The summed E-state index contributed by atoms with van der Waals surface area (Å²) in [5, 5.41) is 8.54. The summed E-state index contributed by atoms with van der Waals surface area (Å²) in [4.78, 5) is 3.97. The van der Waals surface area contributed by atoms with Gasteiger partial charge in [-0.3, -0.25) is 4.98 Å². The van der Waals surface area contributed by atoms with E-state index in [2.05, 4.69) is 9.72 Å². The summed E-state index contributed by atoms with van der Waals surface area (Å²) < 4.78 is 40.4. The van der Waals surface area contributed by atoms with E-state index in [1.807, 2.05) is 6.07 Å². The van der Waals surface area contributed by atoms with Crippen LogP contribution in [-0.4, -0.2) is 11.3 Å². The van der Waals surface area contributed by atoms with Crippen LogP contribution in [0.3, 0.4) is 0 Å². The molecule has 1 aromatic rings. The molecule has 0 atom stereocenters. The molecule has 0 radical (unpaired) electrons. The smallest absolute Gasteiger partial charge is 0.405 e. The average molecular weight is 357 g/mol. The van der Waals surface area contributed by atoms with Gasteiger partial charge in [0.2, 0.25) is 0 Å². The first-order chi connectivity index (χ1) is 7.87. The van der Waals surface area contributed by atoms with Crippen LogP contribution in [0.1, 0.15) is 11.4 Å². The Labute approximate surface area is 109 Å². The molecule has 0 spiro atoms. The molecule has 0 aliphatic heterocycles. The van der Waals surface area contributed by atoms with Gasteiger partial charge >= 0.3 is 6.36 Å². The quantitative estimate of drug-likeness (QED) is 0.842. The molecule has 4 nitrogen and oxygen atoms in total. The van der Waals surface area contributed by atoms with Crippen LogP contribution in [0.15, 0.2) is 6.07 Å². The number of halogens is 4. The highest BCUT2D eigenvalue weighted by Crippen LogP contribution is 2.30. The Balaban J connectivity index is 3.20. The van der Waals surface area contributed by atoms with Gasteiger partial charge in [-0.2, -0.15) is 5.26 Å². The number of alkyl halides is 3. The van der Waals surface area contributed by atoms with Crippen molar-refractivity contribution in [1.29, 1.82) is 5.26 Å². The summed E-state index contributed by atoms with van der Waals surface area (Å²) in [5.74, 6) is -0.376. The maximum Gasteiger partial charge on any atom is 0.573 e. The number of aromatic nitrogens is 1. The van der Waals surface area contributed by atoms with Crippen molar-refractivity contribution in [2.75, 3.05) is 0 Å². The van der Waals surface area contributed by atoms with Crippen LogP contribution in [0.4, 0.5) is 13.2 Å². The molecule has 1 rings (SSSR count). The van der Waals surface area contributed by atoms with E-state index in [1.165, 1.54) is 0 Å². The molecule has 0 aromatic carbocycles. The lowest BCUT2D eigenvalue weighted by Crippen LogP contribution is -2.19. The minimum absolute atomic E-state index is 0.0242. The van der Waals surface area contributed by atoms with Crippen molar-refractivity contribution < 1.29 is 17.9 Å². The van der Waals surface area contributed by atoms with Crippen molar-refractivity contribution in [3.05, 3.63) is 21.0 Å². The van der Waals surface area contributed by atoms with Crippen LogP contribution in [0, 0.1) is 14.9 Å². The van der Waals surface area contributed by atoms with Gasteiger partial charge in [-0.25, -0.2) is 0 Å². The van der Waals surface area contributed by atoms with Gasteiger partial charge in [0.05, 0.1) is 27.4 Å². The molecule has 17 heavy (non-hydrogen) atoms. The predicted octanol–water partition coefficient (Wildman–Crippen LogP) is 2.11. The molecule has 0 bridgehead atoms. The third-order valence-electron chi connectivity index (χ3n) is 1.73. The highest BCUT2D eigenvalue weighted by molar-refractivity contribution is 14.1. The maximum absolute atomic E-state index is 12.1. The maximum atomic E-state index is 12.1. The highest BCUT2D eigenvalue weighted by Gasteiger charge is 2.32.